The van der Waals surface area contributed by atoms with Gasteiger partial charge in [-0.2, -0.15) is 14.0 Å². The van der Waals surface area contributed by atoms with E-state index in [0.717, 1.165) is 26.4 Å². The number of unbranched alkanes of at least 4 members (excludes halogenated alkanes) is 4. The van der Waals surface area contributed by atoms with Crippen molar-refractivity contribution in [3.8, 4) is 11.8 Å². The molecule has 0 spiro atoms. The lowest BCUT2D eigenvalue weighted by Crippen LogP contribution is -2.33. The minimum Gasteiger partial charge on any atom is -0.491 e. The van der Waals surface area contributed by atoms with Crippen LogP contribution in [0.25, 0.3) is 0 Å². The third-order valence-corrected chi connectivity index (χ3v) is 5.79. The molecule has 0 N–H and O–H groups in total. The highest BCUT2D eigenvalue weighted by Gasteiger charge is 2.44. The van der Waals surface area contributed by atoms with Crippen molar-refractivity contribution in [3.05, 3.63) is 28.8 Å². The zero-order chi connectivity index (χ0) is 20.0. The molecule has 1 fully saturated rings. The van der Waals surface area contributed by atoms with Crippen molar-refractivity contribution in [1.29, 1.82) is 5.26 Å². The van der Waals surface area contributed by atoms with Crippen molar-refractivity contribution in [2.24, 2.45) is 5.92 Å². The molecule has 0 aliphatic heterocycles. The highest BCUT2D eigenvalue weighted by Crippen LogP contribution is 2.46. The van der Waals surface area contributed by atoms with Crippen molar-refractivity contribution in [2.45, 2.75) is 76.5 Å². The summed E-state index contributed by atoms with van der Waals surface area (Å²) in [6.45, 7) is 2.16. The van der Waals surface area contributed by atoms with Gasteiger partial charge in [0, 0.05) is 0 Å². The molecule has 0 aromatic heterocycles. The maximum atomic E-state index is 14.5. The summed E-state index contributed by atoms with van der Waals surface area (Å²) in [7, 11) is 0.936. The van der Waals surface area contributed by atoms with E-state index in [1.54, 1.807) is 0 Å². The topological polar surface area (TPSA) is 33.0 Å². The highest BCUT2D eigenvalue weighted by atomic mass is 19.2. The summed E-state index contributed by atoms with van der Waals surface area (Å²) >= 11 is 0. The maximum absolute atomic E-state index is 14.5. The molecular formula is C21H27F4NO. The number of hydrogen-bond donors (Lipinski definition) is 0. The Labute approximate surface area is 158 Å². The SMILES string of the molecule is CCCCCCC[C@H]1CC[C@@](C#N)(c2c(F)c(F)c(OC)c(F)c2F)CC1. The van der Waals surface area contributed by atoms with Crippen LogP contribution in [0, 0.1) is 40.5 Å². The molecule has 0 heterocycles. The Hall–Kier alpha value is -1.77. The zero-order valence-electron chi connectivity index (χ0n) is 16.0. The van der Waals surface area contributed by atoms with Crippen molar-refractivity contribution >= 4 is 0 Å². The molecule has 27 heavy (non-hydrogen) atoms. The predicted molar refractivity (Wildman–Crippen MR) is 95.5 cm³/mol. The van der Waals surface area contributed by atoms with Crippen LogP contribution in [-0.2, 0) is 5.41 Å². The van der Waals surface area contributed by atoms with Gasteiger partial charge in [0.15, 0.2) is 17.4 Å². The predicted octanol–water partition coefficient (Wildman–Crippen LogP) is 6.56. The number of rotatable bonds is 8. The Balaban J connectivity index is 2.16. The van der Waals surface area contributed by atoms with E-state index >= 15 is 0 Å². The molecule has 0 unspecified atom stereocenters. The maximum Gasteiger partial charge on any atom is 0.204 e. The number of hydrogen-bond acceptors (Lipinski definition) is 2. The Morgan fingerprint density at radius 1 is 0.963 bits per heavy atom. The monoisotopic (exact) mass is 385 g/mol. The van der Waals surface area contributed by atoms with E-state index in [9.17, 15) is 22.8 Å². The molecule has 2 rings (SSSR count). The fourth-order valence-corrected chi connectivity index (χ4v) is 4.12. The smallest absolute Gasteiger partial charge is 0.204 e. The van der Waals surface area contributed by atoms with Gasteiger partial charge in [0.1, 0.15) is 0 Å². The molecule has 1 aliphatic rings. The van der Waals surface area contributed by atoms with E-state index in [1.807, 2.05) is 6.07 Å². The minimum absolute atomic E-state index is 0.197. The van der Waals surface area contributed by atoms with Gasteiger partial charge in [0.05, 0.1) is 24.2 Å². The molecule has 0 atom stereocenters. The molecular weight excluding hydrogens is 358 g/mol. The van der Waals surface area contributed by atoms with E-state index in [1.165, 1.54) is 19.3 Å². The third-order valence-electron chi connectivity index (χ3n) is 5.79. The number of nitriles is 1. The Morgan fingerprint density at radius 3 is 2.00 bits per heavy atom. The lowest BCUT2D eigenvalue weighted by atomic mass is 9.66. The molecule has 1 aromatic carbocycles. The van der Waals surface area contributed by atoms with Crippen molar-refractivity contribution in [2.75, 3.05) is 7.11 Å². The lowest BCUT2D eigenvalue weighted by Gasteiger charge is -2.36. The Morgan fingerprint density at radius 2 is 1.52 bits per heavy atom. The molecule has 1 aliphatic carbocycles. The molecule has 150 valence electrons. The fourth-order valence-electron chi connectivity index (χ4n) is 4.12. The molecule has 0 radical (unpaired) electrons. The van der Waals surface area contributed by atoms with Crippen LogP contribution in [0.5, 0.6) is 5.75 Å². The summed E-state index contributed by atoms with van der Waals surface area (Å²) in [5.74, 6) is -6.93. The molecule has 1 aromatic rings. The number of halogens is 4. The second kappa shape index (κ2) is 9.43. The number of ether oxygens (including phenoxy) is 1. The Bertz CT molecular complexity index is 661. The Kier molecular flexibility index (Phi) is 7.52. The van der Waals surface area contributed by atoms with Gasteiger partial charge in [-0.3, -0.25) is 0 Å². The number of nitrogens with zero attached hydrogens (tertiary/aromatic N) is 1. The highest BCUT2D eigenvalue weighted by molar-refractivity contribution is 5.42. The van der Waals surface area contributed by atoms with Crippen LogP contribution in [0.3, 0.4) is 0 Å². The first-order valence-corrected chi connectivity index (χ1v) is 9.73. The third kappa shape index (κ3) is 4.39. The van der Waals surface area contributed by atoms with Gasteiger partial charge < -0.3 is 4.74 Å². The lowest BCUT2D eigenvalue weighted by molar-refractivity contribution is 0.244. The summed E-state index contributed by atoms with van der Waals surface area (Å²) in [6, 6.07) is 1.96. The summed E-state index contributed by atoms with van der Waals surface area (Å²) in [5, 5.41) is 9.65. The zero-order valence-corrected chi connectivity index (χ0v) is 16.0. The molecule has 1 saturated carbocycles. The van der Waals surface area contributed by atoms with Gasteiger partial charge >= 0.3 is 0 Å². The van der Waals surface area contributed by atoms with Crippen LogP contribution in [-0.4, -0.2) is 7.11 Å². The summed E-state index contributed by atoms with van der Waals surface area (Å²) in [5.41, 5.74) is -2.33. The normalized spacial score (nSPS) is 22.5. The summed E-state index contributed by atoms with van der Waals surface area (Å²) < 4.78 is 61.6. The average molecular weight is 385 g/mol. The molecule has 0 bridgehead atoms. The molecule has 0 amide bonds. The van der Waals surface area contributed by atoms with Crippen LogP contribution in [0.15, 0.2) is 0 Å². The number of methoxy groups -OCH3 is 1. The second-order valence-corrected chi connectivity index (χ2v) is 7.50. The van der Waals surface area contributed by atoms with E-state index in [4.69, 9.17) is 0 Å². The van der Waals surface area contributed by atoms with Crippen molar-refractivity contribution in [3.63, 3.8) is 0 Å². The second-order valence-electron chi connectivity index (χ2n) is 7.50. The molecule has 6 heteroatoms. The van der Waals surface area contributed by atoms with Crippen molar-refractivity contribution < 1.29 is 22.3 Å². The largest absolute Gasteiger partial charge is 0.491 e. The molecule has 0 saturated heterocycles. The quantitative estimate of drug-likeness (QED) is 0.288. The van der Waals surface area contributed by atoms with Crippen LogP contribution in [0.2, 0.25) is 0 Å². The minimum atomic E-state index is -1.58. The first kappa shape index (κ1) is 21.5. The van der Waals surface area contributed by atoms with Crippen LogP contribution in [0.1, 0.15) is 76.7 Å². The van der Waals surface area contributed by atoms with Gasteiger partial charge in [-0.25, -0.2) is 8.78 Å². The van der Waals surface area contributed by atoms with E-state index in [0.29, 0.717) is 18.8 Å². The summed E-state index contributed by atoms with van der Waals surface area (Å²) in [4.78, 5) is 0. The van der Waals surface area contributed by atoms with Crippen LogP contribution < -0.4 is 4.74 Å². The van der Waals surface area contributed by atoms with Gasteiger partial charge in [-0.15, -0.1) is 0 Å². The van der Waals surface area contributed by atoms with Crippen LogP contribution >= 0.6 is 0 Å². The van der Waals surface area contributed by atoms with Gasteiger partial charge in [-0.05, 0) is 31.6 Å². The van der Waals surface area contributed by atoms with Crippen LogP contribution in [0.4, 0.5) is 17.6 Å². The van der Waals surface area contributed by atoms with E-state index < -0.39 is 40.0 Å². The molecule has 2 nitrogen and oxygen atoms in total. The van der Waals surface area contributed by atoms with E-state index in [2.05, 4.69) is 11.7 Å². The first-order valence-electron chi connectivity index (χ1n) is 9.73. The summed E-state index contributed by atoms with van der Waals surface area (Å²) in [6.07, 6.45) is 8.50. The van der Waals surface area contributed by atoms with Crippen molar-refractivity contribution in [1.82, 2.24) is 0 Å². The number of benzene rings is 1. The fraction of sp³-hybridized carbons (Fsp3) is 0.667. The standard InChI is InChI=1S/C21H27F4NO/c1-3-4-5-6-7-8-14-9-11-21(13-26,12-10-14)15-16(22)18(24)20(27-2)19(25)17(15)23/h14H,3-12H2,1-2H3/t14-,21+. The van der Waals surface area contributed by atoms with E-state index in [-0.39, 0.29) is 12.8 Å². The van der Waals surface area contributed by atoms with Gasteiger partial charge in [0.2, 0.25) is 11.6 Å². The average Bonchev–Trinajstić information content (AvgIpc) is 2.68. The van der Waals surface area contributed by atoms with Gasteiger partial charge in [0.25, 0.3) is 0 Å². The van der Waals surface area contributed by atoms with Gasteiger partial charge in [-0.1, -0.05) is 45.4 Å². The first-order chi connectivity index (χ1) is 12.9.